The van der Waals surface area contributed by atoms with Gasteiger partial charge in [-0.15, -0.1) is 0 Å². The van der Waals surface area contributed by atoms with Gasteiger partial charge in [0.1, 0.15) is 0 Å². The van der Waals surface area contributed by atoms with Crippen LogP contribution in [0.1, 0.15) is 31.7 Å². The second kappa shape index (κ2) is 11.4. The molecule has 1 aromatic rings. The minimum absolute atomic E-state index is 0.287. The molecule has 0 aliphatic heterocycles. The number of thioether (sulfide) groups is 1. The van der Waals surface area contributed by atoms with Gasteiger partial charge in [0, 0.05) is 17.8 Å². The van der Waals surface area contributed by atoms with E-state index in [0.29, 0.717) is 19.2 Å². The zero-order valence-corrected chi connectivity index (χ0v) is 16.1. The highest BCUT2D eigenvalue weighted by Gasteiger charge is 2.24. The molecule has 5 nitrogen and oxygen atoms in total. The first-order chi connectivity index (χ1) is 12.2. The smallest absolute Gasteiger partial charge is 0.191 e. The third kappa shape index (κ3) is 7.67. The number of ether oxygens (including phenoxy) is 1. The van der Waals surface area contributed by atoms with Crippen molar-refractivity contribution in [1.82, 2.24) is 10.6 Å². The highest BCUT2D eigenvalue weighted by Crippen LogP contribution is 2.27. The fourth-order valence-corrected chi connectivity index (χ4v) is 3.73. The van der Waals surface area contributed by atoms with Gasteiger partial charge in [-0.05, 0) is 38.0 Å². The standard InChI is InChI=1S/C19H31N3O2S/c1-3-20-19(22-16-9-10-18(11-16)25-2)21-12-17(23)14-24-13-15-7-5-4-6-8-15/h4-8,16-18,23H,3,9-14H2,1-2H3,(H2,20,21,22). The van der Waals surface area contributed by atoms with Crippen molar-refractivity contribution >= 4 is 17.7 Å². The van der Waals surface area contributed by atoms with Crippen molar-refractivity contribution < 1.29 is 9.84 Å². The Hall–Kier alpha value is -1.24. The zero-order chi connectivity index (χ0) is 17.9. The highest BCUT2D eigenvalue weighted by atomic mass is 32.2. The molecule has 25 heavy (non-hydrogen) atoms. The Morgan fingerprint density at radius 3 is 2.84 bits per heavy atom. The monoisotopic (exact) mass is 365 g/mol. The molecule has 0 spiro atoms. The minimum Gasteiger partial charge on any atom is -0.389 e. The normalized spacial score (nSPS) is 22.0. The molecule has 0 bridgehead atoms. The van der Waals surface area contributed by atoms with E-state index in [9.17, 15) is 5.11 Å². The Bertz CT molecular complexity index is 513. The lowest BCUT2D eigenvalue weighted by molar-refractivity contribution is 0.0331. The van der Waals surface area contributed by atoms with Crippen LogP contribution in [0.4, 0.5) is 0 Å². The Morgan fingerprint density at radius 1 is 1.36 bits per heavy atom. The van der Waals surface area contributed by atoms with Crippen LogP contribution in [0, 0.1) is 0 Å². The maximum Gasteiger partial charge on any atom is 0.191 e. The van der Waals surface area contributed by atoms with Crippen LogP contribution in [0.25, 0.3) is 0 Å². The molecule has 3 unspecified atom stereocenters. The molecule has 0 aromatic heterocycles. The number of hydrogen-bond acceptors (Lipinski definition) is 4. The molecule has 0 amide bonds. The highest BCUT2D eigenvalue weighted by molar-refractivity contribution is 7.99. The van der Waals surface area contributed by atoms with Crippen molar-refractivity contribution in [1.29, 1.82) is 0 Å². The molecule has 140 valence electrons. The molecule has 1 aliphatic carbocycles. The van der Waals surface area contributed by atoms with Crippen LogP contribution in [0.15, 0.2) is 35.3 Å². The third-order valence-electron chi connectivity index (χ3n) is 4.28. The minimum atomic E-state index is -0.596. The summed E-state index contributed by atoms with van der Waals surface area (Å²) in [5.41, 5.74) is 1.11. The average Bonchev–Trinajstić information content (AvgIpc) is 3.08. The maximum atomic E-state index is 10.1. The number of aliphatic hydroxyl groups is 1. The fourth-order valence-electron chi connectivity index (χ4n) is 2.94. The van der Waals surface area contributed by atoms with E-state index in [4.69, 9.17) is 4.74 Å². The second-order valence-corrected chi connectivity index (χ2v) is 7.52. The Labute approximate surface area is 155 Å². The van der Waals surface area contributed by atoms with Crippen LogP contribution in [0.2, 0.25) is 0 Å². The average molecular weight is 366 g/mol. The van der Waals surface area contributed by atoms with Crippen molar-refractivity contribution in [2.75, 3.05) is 26.0 Å². The number of nitrogens with one attached hydrogen (secondary N) is 2. The Kier molecular flexibility index (Phi) is 9.15. The predicted molar refractivity (Wildman–Crippen MR) is 106 cm³/mol. The topological polar surface area (TPSA) is 65.9 Å². The number of hydrogen-bond donors (Lipinski definition) is 3. The van der Waals surface area contributed by atoms with Crippen molar-refractivity contribution in [2.24, 2.45) is 4.99 Å². The number of aliphatic imine (C=N–C) groups is 1. The molecule has 1 aliphatic rings. The quantitative estimate of drug-likeness (QED) is 0.463. The van der Waals surface area contributed by atoms with E-state index in [1.165, 1.54) is 19.3 Å². The van der Waals surface area contributed by atoms with Crippen molar-refractivity contribution in [3.63, 3.8) is 0 Å². The predicted octanol–water partition coefficient (Wildman–Crippen LogP) is 2.40. The van der Waals surface area contributed by atoms with E-state index in [-0.39, 0.29) is 6.61 Å². The van der Waals surface area contributed by atoms with Gasteiger partial charge in [-0.25, -0.2) is 0 Å². The van der Waals surface area contributed by atoms with Gasteiger partial charge >= 0.3 is 0 Å². The molecule has 3 atom stereocenters. The third-order valence-corrected chi connectivity index (χ3v) is 5.38. The van der Waals surface area contributed by atoms with E-state index in [1.807, 2.05) is 42.1 Å². The molecular weight excluding hydrogens is 334 g/mol. The Balaban J connectivity index is 1.71. The summed E-state index contributed by atoms with van der Waals surface area (Å²) >= 11 is 1.95. The van der Waals surface area contributed by atoms with E-state index in [0.717, 1.165) is 23.3 Å². The zero-order valence-electron chi connectivity index (χ0n) is 15.3. The van der Waals surface area contributed by atoms with Crippen LogP contribution in [0.5, 0.6) is 0 Å². The van der Waals surface area contributed by atoms with Crippen LogP contribution < -0.4 is 10.6 Å². The molecule has 0 radical (unpaired) electrons. The summed E-state index contributed by atoms with van der Waals surface area (Å²) in [7, 11) is 0. The van der Waals surface area contributed by atoms with Gasteiger partial charge in [-0.1, -0.05) is 30.3 Å². The molecule has 1 fully saturated rings. The maximum absolute atomic E-state index is 10.1. The SMILES string of the molecule is CCNC(=NCC(O)COCc1ccccc1)NC1CCC(SC)C1. The van der Waals surface area contributed by atoms with Crippen LogP contribution >= 0.6 is 11.8 Å². The molecule has 0 saturated heterocycles. The van der Waals surface area contributed by atoms with E-state index in [2.05, 4.69) is 28.8 Å². The number of nitrogens with zero attached hydrogens (tertiary/aromatic N) is 1. The van der Waals surface area contributed by atoms with Gasteiger partial charge in [0.2, 0.25) is 0 Å². The Morgan fingerprint density at radius 2 is 2.16 bits per heavy atom. The van der Waals surface area contributed by atoms with E-state index in [1.54, 1.807) is 0 Å². The molecule has 1 saturated carbocycles. The summed E-state index contributed by atoms with van der Waals surface area (Å²) in [6.07, 6.45) is 5.20. The lowest BCUT2D eigenvalue weighted by Gasteiger charge is -2.18. The van der Waals surface area contributed by atoms with Crippen molar-refractivity contribution in [3.05, 3.63) is 35.9 Å². The summed E-state index contributed by atoms with van der Waals surface area (Å²) in [4.78, 5) is 4.51. The van der Waals surface area contributed by atoms with E-state index < -0.39 is 6.10 Å². The summed E-state index contributed by atoms with van der Waals surface area (Å²) < 4.78 is 5.57. The van der Waals surface area contributed by atoms with Gasteiger partial charge < -0.3 is 20.5 Å². The van der Waals surface area contributed by atoms with Gasteiger partial charge in [0.15, 0.2) is 5.96 Å². The summed E-state index contributed by atoms with van der Waals surface area (Å²) in [6.45, 7) is 4.00. The molecule has 3 N–H and O–H groups in total. The number of benzene rings is 1. The fraction of sp³-hybridized carbons (Fsp3) is 0.632. The lowest BCUT2D eigenvalue weighted by Crippen LogP contribution is -2.43. The second-order valence-electron chi connectivity index (χ2n) is 6.39. The summed E-state index contributed by atoms with van der Waals surface area (Å²) in [5.74, 6) is 0.788. The first kappa shape index (κ1) is 20.1. The molecule has 1 aromatic carbocycles. The molecule has 6 heteroatoms. The van der Waals surface area contributed by atoms with Gasteiger partial charge in [0.05, 0.1) is 25.9 Å². The van der Waals surface area contributed by atoms with Gasteiger partial charge in [0.25, 0.3) is 0 Å². The molecule has 2 rings (SSSR count). The first-order valence-electron chi connectivity index (χ1n) is 9.08. The lowest BCUT2D eigenvalue weighted by atomic mass is 10.2. The number of rotatable bonds is 9. The van der Waals surface area contributed by atoms with Gasteiger partial charge in [-0.3, -0.25) is 4.99 Å². The largest absolute Gasteiger partial charge is 0.389 e. The van der Waals surface area contributed by atoms with Crippen LogP contribution in [-0.2, 0) is 11.3 Å². The van der Waals surface area contributed by atoms with Crippen molar-refractivity contribution in [2.45, 2.75) is 50.2 Å². The molecule has 0 heterocycles. The van der Waals surface area contributed by atoms with Crippen LogP contribution in [-0.4, -0.2) is 54.4 Å². The molecular formula is C19H31N3O2S. The number of guanidine groups is 1. The van der Waals surface area contributed by atoms with Crippen molar-refractivity contribution in [3.8, 4) is 0 Å². The summed E-state index contributed by atoms with van der Waals surface area (Å²) in [5, 5.41) is 17.6. The number of aliphatic hydroxyl groups excluding tert-OH is 1. The van der Waals surface area contributed by atoms with E-state index >= 15 is 0 Å². The van der Waals surface area contributed by atoms with Gasteiger partial charge in [-0.2, -0.15) is 11.8 Å². The first-order valence-corrected chi connectivity index (χ1v) is 10.4. The van der Waals surface area contributed by atoms with Crippen LogP contribution in [0.3, 0.4) is 0 Å². The summed E-state index contributed by atoms with van der Waals surface area (Å²) in [6, 6.07) is 10.5.